The fraction of sp³-hybridized carbons (Fsp3) is 0.167. The molecule has 0 aliphatic rings. The van der Waals surface area contributed by atoms with Crippen LogP contribution in [0, 0.1) is 6.92 Å². The Bertz CT molecular complexity index is 516. The zero-order valence-corrected chi connectivity index (χ0v) is 9.24. The second-order valence-electron chi connectivity index (χ2n) is 3.56. The molecule has 0 atom stereocenters. The summed E-state index contributed by atoms with van der Waals surface area (Å²) < 4.78 is 0. The summed E-state index contributed by atoms with van der Waals surface area (Å²) in [6.07, 6.45) is 0. The lowest BCUT2D eigenvalue weighted by Crippen LogP contribution is -2.18. The lowest BCUT2D eigenvalue weighted by atomic mass is 10.0. The van der Waals surface area contributed by atoms with Crippen LogP contribution in [0.3, 0.4) is 0 Å². The summed E-state index contributed by atoms with van der Waals surface area (Å²) in [6.45, 7) is 1.93. The van der Waals surface area contributed by atoms with Gasteiger partial charge < -0.3 is 5.32 Å². The highest BCUT2D eigenvalue weighted by Crippen LogP contribution is 2.21. The molecule has 0 unspecified atom stereocenters. The van der Waals surface area contributed by atoms with Gasteiger partial charge in [0.1, 0.15) is 0 Å². The predicted molar refractivity (Wildman–Crippen MR) is 62.2 cm³/mol. The third kappa shape index (κ3) is 1.82. The molecule has 0 saturated carbocycles. The number of aryl methyl sites for hydroxylation is 1. The van der Waals surface area contributed by atoms with Crippen LogP contribution in [0.25, 0.3) is 11.3 Å². The van der Waals surface area contributed by atoms with E-state index in [-0.39, 0.29) is 5.91 Å². The maximum atomic E-state index is 11.7. The minimum absolute atomic E-state index is 0.101. The van der Waals surface area contributed by atoms with Gasteiger partial charge in [0.2, 0.25) is 0 Å². The summed E-state index contributed by atoms with van der Waals surface area (Å²) in [5.74, 6) is -0.101. The van der Waals surface area contributed by atoms with Gasteiger partial charge in [-0.15, -0.1) is 0 Å². The highest BCUT2D eigenvalue weighted by Gasteiger charge is 2.12. The van der Waals surface area contributed by atoms with Gasteiger partial charge in [0.25, 0.3) is 5.91 Å². The first-order valence-electron chi connectivity index (χ1n) is 5.06. The number of benzene rings is 1. The first kappa shape index (κ1) is 10.4. The third-order valence-electron chi connectivity index (χ3n) is 2.38. The molecule has 0 aliphatic heterocycles. The van der Waals surface area contributed by atoms with Gasteiger partial charge in [-0.1, -0.05) is 18.2 Å². The Labute approximate surface area is 93.7 Å². The molecule has 2 aromatic rings. The normalized spacial score (nSPS) is 10.1. The largest absolute Gasteiger partial charge is 0.355 e. The number of carbonyl (C=O) groups is 1. The van der Waals surface area contributed by atoms with Crippen LogP contribution in [0.5, 0.6) is 0 Å². The summed E-state index contributed by atoms with van der Waals surface area (Å²) in [5, 5.41) is 9.65. The molecule has 2 N–H and O–H groups in total. The third-order valence-corrected chi connectivity index (χ3v) is 2.38. The van der Waals surface area contributed by atoms with Gasteiger partial charge in [-0.25, -0.2) is 0 Å². The molecule has 0 saturated heterocycles. The van der Waals surface area contributed by atoms with Gasteiger partial charge in [-0.2, -0.15) is 5.10 Å². The van der Waals surface area contributed by atoms with Crippen LogP contribution in [0.4, 0.5) is 0 Å². The van der Waals surface area contributed by atoms with Gasteiger partial charge in [-0.3, -0.25) is 9.89 Å². The van der Waals surface area contributed by atoms with E-state index < -0.39 is 0 Å². The lowest BCUT2D eigenvalue weighted by molar-refractivity contribution is 0.0963. The van der Waals surface area contributed by atoms with E-state index in [1.807, 2.05) is 31.2 Å². The van der Waals surface area contributed by atoms with E-state index in [0.29, 0.717) is 5.56 Å². The second kappa shape index (κ2) is 4.18. The Morgan fingerprint density at radius 1 is 1.38 bits per heavy atom. The van der Waals surface area contributed by atoms with E-state index in [1.54, 1.807) is 13.1 Å². The molecular formula is C12H13N3O. The minimum atomic E-state index is -0.101. The van der Waals surface area contributed by atoms with Gasteiger partial charge >= 0.3 is 0 Å². The number of carbonyl (C=O) groups excluding carboxylic acids is 1. The Morgan fingerprint density at radius 3 is 2.75 bits per heavy atom. The predicted octanol–water partition coefficient (Wildman–Crippen LogP) is 1.74. The van der Waals surface area contributed by atoms with E-state index in [1.165, 1.54) is 0 Å². The average molecular weight is 215 g/mol. The highest BCUT2D eigenvalue weighted by molar-refractivity contribution is 6.00. The van der Waals surface area contributed by atoms with Gasteiger partial charge in [-0.05, 0) is 19.1 Å². The fourth-order valence-corrected chi connectivity index (χ4v) is 1.60. The molecule has 82 valence electrons. The van der Waals surface area contributed by atoms with Crippen molar-refractivity contribution in [2.24, 2.45) is 0 Å². The Hall–Kier alpha value is -2.10. The molecule has 0 spiro atoms. The number of amides is 1. The zero-order valence-electron chi connectivity index (χ0n) is 9.24. The molecule has 0 bridgehead atoms. The van der Waals surface area contributed by atoms with E-state index in [2.05, 4.69) is 15.5 Å². The lowest BCUT2D eigenvalue weighted by Gasteiger charge is -2.04. The van der Waals surface area contributed by atoms with Crippen molar-refractivity contribution >= 4 is 5.91 Å². The fourth-order valence-electron chi connectivity index (χ4n) is 1.60. The van der Waals surface area contributed by atoms with Crippen molar-refractivity contribution in [1.82, 2.24) is 15.5 Å². The van der Waals surface area contributed by atoms with Crippen LogP contribution in [0.15, 0.2) is 30.3 Å². The summed E-state index contributed by atoms with van der Waals surface area (Å²) >= 11 is 0. The van der Waals surface area contributed by atoms with Crippen LogP contribution >= 0.6 is 0 Å². The highest BCUT2D eigenvalue weighted by atomic mass is 16.1. The molecule has 1 heterocycles. The van der Waals surface area contributed by atoms with Gasteiger partial charge in [0, 0.05) is 23.9 Å². The number of rotatable bonds is 2. The molecular weight excluding hydrogens is 202 g/mol. The van der Waals surface area contributed by atoms with Crippen molar-refractivity contribution < 1.29 is 4.79 Å². The van der Waals surface area contributed by atoms with Crippen molar-refractivity contribution in [2.75, 3.05) is 7.05 Å². The van der Waals surface area contributed by atoms with Crippen molar-refractivity contribution in [3.05, 3.63) is 41.6 Å². The Morgan fingerprint density at radius 2 is 2.12 bits per heavy atom. The molecule has 2 rings (SSSR count). The molecule has 1 aromatic carbocycles. The van der Waals surface area contributed by atoms with Crippen LogP contribution < -0.4 is 5.32 Å². The summed E-state index contributed by atoms with van der Waals surface area (Å²) in [7, 11) is 1.62. The molecule has 16 heavy (non-hydrogen) atoms. The summed E-state index contributed by atoms with van der Waals surface area (Å²) in [4.78, 5) is 11.7. The number of hydrogen-bond donors (Lipinski definition) is 2. The van der Waals surface area contributed by atoms with E-state index in [4.69, 9.17) is 0 Å². The average Bonchev–Trinajstić information content (AvgIpc) is 2.75. The maximum Gasteiger partial charge on any atom is 0.251 e. The van der Waals surface area contributed by atoms with Crippen molar-refractivity contribution in [3.8, 4) is 11.3 Å². The zero-order chi connectivity index (χ0) is 11.5. The number of aromatic nitrogens is 2. The van der Waals surface area contributed by atoms with E-state index >= 15 is 0 Å². The maximum absolute atomic E-state index is 11.7. The molecule has 0 radical (unpaired) electrons. The Balaban J connectivity index is 2.52. The van der Waals surface area contributed by atoms with Crippen LogP contribution in [0.2, 0.25) is 0 Å². The quantitative estimate of drug-likeness (QED) is 0.801. The SMILES string of the molecule is CNC(=O)c1ccccc1-c1cc(C)[nH]n1. The van der Waals surface area contributed by atoms with Crippen LogP contribution in [-0.4, -0.2) is 23.2 Å². The van der Waals surface area contributed by atoms with E-state index in [0.717, 1.165) is 17.0 Å². The van der Waals surface area contributed by atoms with E-state index in [9.17, 15) is 4.79 Å². The smallest absolute Gasteiger partial charge is 0.251 e. The summed E-state index contributed by atoms with van der Waals surface area (Å²) in [5.41, 5.74) is 3.24. The molecule has 0 aliphatic carbocycles. The second-order valence-corrected chi connectivity index (χ2v) is 3.56. The topological polar surface area (TPSA) is 57.8 Å². The molecule has 4 nitrogen and oxygen atoms in total. The van der Waals surface area contributed by atoms with Gasteiger partial charge in [0.05, 0.1) is 5.69 Å². The standard InChI is InChI=1S/C12H13N3O/c1-8-7-11(15-14-8)9-5-3-4-6-10(9)12(16)13-2/h3-7H,1-2H3,(H,13,16)(H,14,15). The number of nitrogens with one attached hydrogen (secondary N) is 2. The van der Waals surface area contributed by atoms with Crippen molar-refractivity contribution in [1.29, 1.82) is 0 Å². The molecule has 4 heteroatoms. The first-order valence-corrected chi connectivity index (χ1v) is 5.06. The molecule has 1 aromatic heterocycles. The number of nitrogens with zero attached hydrogens (tertiary/aromatic N) is 1. The van der Waals surface area contributed by atoms with Crippen molar-refractivity contribution in [3.63, 3.8) is 0 Å². The number of hydrogen-bond acceptors (Lipinski definition) is 2. The summed E-state index contributed by atoms with van der Waals surface area (Å²) in [6, 6.07) is 9.33. The number of H-pyrrole nitrogens is 1. The Kier molecular flexibility index (Phi) is 2.72. The first-order chi connectivity index (χ1) is 7.72. The molecule has 0 fully saturated rings. The monoisotopic (exact) mass is 215 g/mol. The van der Waals surface area contributed by atoms with Crippen LogP contribution in [0.1, 0.15) is 16.1 Å². The number of aromatic amines is 1. The van der Waals surface area contributed by atoms with Crippen LogP contribution in [-0.2, 0) is 0 Å². The minimum Gasteiger partial charge on any atom is -0.355 e. The van der Waals surface area contributed by atoms with Crippen molar-refractivity contribution in [2.45, 2.75) is 6.92 Å². The molecule has 1 amide bonds. The van der Waals surface area contributed by atoms with Gasteiger partial charge in [0.15, 0.2) is 0 Å².